The van der Waals surface area contributed by atoms with Crippen LogP contribution in [0.25, 0.3) is 0 Å². The Balaban J connectivity index is 1.93. The summed E-state index contributed by atoms with van der Waals surface area (Å²) in [6.45, 7) is 6.73. The maximum atomic E-state index is 12.5. The number of carbonyl (C=O) groups is 1. The quantitative estimate of drug-likeness (QED) is 0.588. The van der Waals surface area contributed by atoms with Gasteiger partial charge in [0.25, 0.3) is 5.91 Å². The summed E-state index contributed by atoms with van der Waals surface area (Å²) in [6.07, 6.45) is 3.23. The molecule has 0 radical (unpaired) electrons. The molecule has 1 amide bonds. The minimum atomic E-state index is 0.117. The number of amides is 1. The van der Waals surface area contributed by atoms with E-state index in [-0.39, 0.29) is 5.91 Å². The number of rotatable bonds is 5. The third kappa shape index (κ3) is 4.47. The van der Waals surface area contributed by atoms with Crippen molar-refractivity contribution in [3.63, 3.8) is 0 Å². The molecule has 1 aliphatic rings. The van der Waals surface area contributed by atoms with E-state index in [1.807, 2.05) is 29.2 Å². The van der Waals surface area contributed by atoms with Crippen LogP contribution in [0.3, 0.4) is 0 Å². The molecule has 0 spiro atoms. The van der Waals surface area contributed by atoms with Crippen molar-refractivity contribution in [3.05, 3.63) is 29.8 Å². The smallest absolute Gasteiger partial charge is 0.253 e. The molecule has 0 saturated carbocycles. The van der Waals surface area contributed by atoms with Gasteiger partial charge >= 0.3 is 0 Å². The Morgan fingerprint density at radius 2 is 2.10 bits per heavy atom. The van der Waals surface area contributed by atoms with Gasteiger partial charge in [-0.2, -0.15) is 0 Å². The zero-order valence-corrected chi connectivity index (χ0v) is 14.4. The van der Waals surface area contributed by atoms with Crippen molar-refractivity contribution in [2.24, 2.45) is 5.92 Å². The zero-order valence-electron chi connectivity index (χ0n) is 12.8. The van der Waals surface area contributed by atoms with Gasteiger partial charge in [-0.1, -0.05) is 36.2 Å². The van der Waals surface area contributed by atoms with E-state index in [9.17, 15) is 4.79 Å². The molecule has 21 heavy (non-hydrogen) atoms. The normalized spacial score (nSPS) is 22.1. The number of unbranched alkanes of at least 4 members (excludes halogenated alkanes) is 1. The molecule has 2 rings (SSSR count). The number of ether oxygens (including phenoxy) is 1. The summed E-state index contributed by atoms with van der Waals surface area (Å²) < 4.78 is 5.63. The Labute approximate surface area is 135 Å². The van der Waals surface area contributed by atoms with Crippen molar-refractivity contribution in [1.82, 2.24) is 4.90 Å². The van der Waals surface area contributed by atoms with Crippen LogP contribution < -0.4 is 4.74 Å². The average Bonchev–Trinajstić information content (AvgIpc) is 2.50. The van der Waals surface area contributed by atoms with Crippen molar-refractivity contribution < 1.29 is 9.53 Å². The summed E-state index contributed by atoms with van der Waals surface area (Å²) >= 11 is 3.67. The molecule has 3 nitrogen and oxygen atoms in total. The van der Waals surface area contributed by atoms with Crippen molar-refractivity contribution in [2.45, 2.75) is 37.9 Å². The van der Waals surface area contributed by atoms with E-state index in [1.54, 1.807) is 0 Å². The first-order chi connectivity index (χ1) is 10.1. The predicted molar refractivity (Wildman–Crippen MR) is 89.2 cm³/mol. The van der Waals surface area contributed by atoms with E-state index in [4.69, 9.17) is 4.74 Å². The Bertz CT molecular complexity index is 460. The van der Waals surface area contributed by atoms with E-state index in [1.165, 1.54) is 0 Å². The highest BCUT2D eigenvalue weighted by atomic mass is 79.9. The topological polar surface area (TPSA) is 29.5 Å². The third-order valence-corrected chi connectivity index (χ3v) is 5.21. The molecule has 2 atom stereocenters. The fraction of sp³-hybridized carbons (Fsp3) is 0.588. The second kappa shape index (κ2) is 7.83. The molecule has 116 valence electrons. The van der Waals surface area contributed by atoms with Crippen LogP contribution in [-0.4, -0.2) is 35.3 Å². The highest BCUT2D eigenvalue weighted by Crippen LogP contribution is 2.24. The fourth-order valence-corrected chi connectivity index (χ4v) is 3.03. The van der Waals surface area contributed by atoms with E-state index in [0.29, 0.717) is 10.7 Å². The molecule has 4 heteroatoms. The largest absolute Gasteiger partial charge is 0.494 e. The van der Waals surface area contributed by atoms with Crippen molar-refractivity contribution in [2.75, 3.05) is 19.7 Å². The maximum Gasteiger partial charge on any atom is 0.253 e. The van der Waals surface area contributed by atoms with Crippen LogP contribution in [0.15, 0.2) is 24.3 Å². The number of alkyl halides is 1. The molecule has 1 aliphatic heterocycles. The van der Waals surface area contributed by atoms with Gasteiger partial charge in [0, 0.05) is 23.5 Å². The highest BCUT2D eigenvalue weighted by molar-refractivity contribution is 9.09. The summed E-state index contributed by atoms with van der Waals surface area (Å²) in [5.41, 5.74) is 0.743. The summed E-state index contributed by atoms with van der Waals surface area (Å²) in [7, 11) is 0. The molecule has 1 aromatic rings. The second-order valence-corrected chi connectivity index (χ2v) is 6.94. The average molecular weight is 354 g/mol. The van der Waals surface area contributed by atoms with Crippen LogP contribution in [0.4, 0.5) is 0 Å². The Hall–Kier alpha value is -1.03. The first kappa shape index (κ1) is 16.3. The minimum absolute atomic E-state index is 0.117. The lowest BCUT2D eigenvalue weighted by atomic mass is 9.98. The summed E-state index contributed by atoms with van der Waals surface area (Å²) in [5.74, 6) is 1.58. The molecule has 0 N–H and O–H groups in total. The molecular formula is C17H24BrNO2. The zero-order chi connectivity index (χ0) is 15.2. The Kier molecular flexibility index (Phi) is 6.09. The van der Waals surface area contributed by atoms with Gasteiger partial charge in [-0.3, -0.25) is 4.79 Å². The van der Waals surface area contributed by atoms with Gasteiger partial charge in [-0.15, -0.1) is 0 Å². The van der Waals surface area contributed by atoms with E-state index in [0.717, 1.165) is 50.3 Å². The van der Waals surface area contributed by atoms with Crippen molar-refractivity contribution >= 4 is 21.8 Å². The molecule has 1 heterocycles. The van der Waals surface area contributed by atoms with E-state index >= 15 is 0 Å². The number of nitrogens with zero attached hydrogens (tertiary/aromatic N) is 1. The van der Waals surface area contributed by atoms with Gasteiger partial charge < -0.3 is 9.64 Å². The minimum Gasteiger partial charge on any atom is -0.494 e. The van der Waals surface area contributed by atoms with E-state index < -0.39 is 0 Å². The molecule has 1 aromatic carbocycles. The lowest BCUT2D eigenvalue weighted by molar-refractivity contribution is 0.0706. The van der Waals surface area contributed by atoms with Crippen LogP contribution in [0.2, 0.25) is 0 Å². The van der Waals surface area contributed by atoms with Gasteiger partial charge in [0.05, 0.1) is 6.61 Å². The van der Waals surface area contributed by atoms with Crippen LogP contribution in [0.1, 0.15) is 43.5 Å². The van der Waals surface area contributed by atoms with Gasteiger partial charge in [0.1, 0.15) is 5.75 Å². The number of likely N-dealkylation sites (tertiary alicyclic amines) is 1. The second-order valence-electron chi connectivity index (χ2n) is 5.76. The lowest BCUT2D eigenvalue weighted by Gasteiger charge is -2.34. The molecule has 2 unspecified atom stereocenters. The van der Waals surface area contributed by atoms with Crippen LogP contribution in [0, 0.1) is 5.92 Å². The number of hydrogen-bond acceptors (Lipinski definition) is 2. The molecule has 0 aromatic heterocycles. The lowest BCUT2D eigenvalue weighted by Crippen LogP contribution is -2.43. The number of piperidine rings is 1. The van der Waals surface area contributed by atoms with Crippen LogP contribution >= 0.6 is 15.9 Å². The first-order valence-electron chi connectivity index (χ1n) is 7.78. The third-order valence-electron chi connectivity index (χ3n) is 4.02. The predicted octanol–water partition coefficient (Wildman–Crippen LogP) is 4.11. The SMILES string of the molecule is CCCCOc1ccc(C(=O)N2CCC(C)C(Br)C2)cc1. The van der Waals surface area contributed by atoms with Crippen molar-refractivity contribution in [1.29, 1.82) is 0 Å². The Morgan fingerprint density at radius 3 is 2.71 bits per heavy atom. The number of benzene rings is 1. The molecular weight excluding hydrogens is 330 g/mol. The number of halogens is 1. The summed E-state index contributed by atoms with van der Waals surface area (Å²) in [6, 6.07) is 7.51. The molecule has 1 fully saturated rings. The molecule has 0 bridgehead atoms. The monoisotopic (exact) mass is 353 g/mol. The number of carbonyl (C=O) groups excluding carboxylic acids is 1. The first-order valence-corrected chi connectivity index (χ1v) is 8.69. The fourth-order valence-electron chi connectivity index (χ4n) is 2.42. The van der Waals surface area contributed by atoms with Crippen molar-refractivity contribution in [3.8, 4) is 5.75 Å². The molecule has 1 saturated heterocycles. The van der Waals surface area contributed by atoms with Crippen LogP contribution in [0.5, 0.6) is 5.75 Å². The van der Waals surface area contributed by atoms with E-state index in [2.05, 4.69) is 29.8 Å². The van der Waals surface area contributed by atoms with Gasteiger partial charge in [0.2, 0.25) is 0 Å². The van der Waals surface area contributed by atoms with Gasteiger partial charge in [-0.05, 0) is 43.0 Å². The highest BCUT2D eigenvalue weighted by Gasteiger charge is 2.27. The van der Waals surface area contributed by atoms with Crippen LogP contribution in [-0.2, 0) is 0 Å². The number of hydrogen-bond donors (Lipinski definition) is 0. The standard InChI is InChI=1S/C17H24BrNO2/c1-3-4-11-21-15-7-5-14(6-8-15)17(20)19-10-9-13(2)16(18)12-19/h5-8,13,16H,3-4,9-12H2,1-2H3. The molecule has 0 aliphatic carbocycles. The van der Waals surface area contributed by atoms with Gasteiger partial charge in [-0.25, -0.2) is 0 Å². The maximum absolute atomic E-state index is 12.5. The summed E-state index contributed by atoms with van der Waals surface area (Å²) in [5, 5.41) is 0. The summed E-state index contributed by atoms with van der Waals surface area (Å²) in [4.78, 5) is 14.8. The Morgan fingerprint density at radius 1 is 1.38 bits per heavy atom. The van der Waals surface area contributed by atoms with Gasteiger partial charge in [0.15, 0.2) is 0 Å².